The van der Waals surface area contributed by atoms with Crippen molar-refractivity contribution in [3.63, 3.8) is 0 Å². The molecule has 0 saturated carbocycles. The molecule has 0 aromatic carbocycles. The van der Waals surface area contributed by atoms with Crippen LogP contribution in [-0.4, -0.2) is 24.2 Å². The van der Waals surface area contributed by atoms with Crippen LogP contribution in [0.15, 0.2) is 0 Å². The van der Waals surface area contributed by atoms with Gasteiger partial charge in [-0.05, 0) is 19.3 Å². The van der Waals surface area contributed by atoms with Gasteiger partial charge in [-0.3, -0.25) is 4.79 Å². The summed E-state index contributed by atoms with van der Waals surface area (Å²) in [6, 6.07) is 0. The average molecular weight is 809 g/mol. The van der Waals surface area contributed by atoms with Gasteiger partial charge in [-0.15, -0.1) is 0 Å². The highest BCUT2D eigenvalue weighted by molar-refractivity contribution is 5.66. The van der Waals surface area contributed by atoms with E-state index in [1.54, 1.807) is 0 Å². The lowest BCUT2D eigenvalue weighted by Crippen LogP contribution is -2.27. The molecular weight excluding hydrogens is 701 g/mol. The summed E-state index contributed by atoms with van der Waals surface area (Å²) in [6.45, 7) is 8.78. The molecule has 0 aliphatic rings. The topological polar surface area (TPSA) is 70.6 Å². The molecule has 0 unspecified atom stereocenters. The Balaban J connectivity index is 0. The SMILES string of the molecule is CCCCCCCCCCCCCCCC(=O)O.CCCCCCCCCCCCCCCCCCNONCCCCCCCCCCCCCCCCCC. The van der Waals surface area contributed by atoms with Crippen LogP contribution in [0.25, 0.3) is 0 Å². The van der Waals surface area contributed by atoms with E-state index in [1.165, 1.54) is 276 Å². The molecule has 0 radical (unpaired) electrons. The molecule has 0 aromatic rings. The molecule has 0 amide bonds. The quantitative estimate of drug-likeness (QED) is 0.0422. The van der Waals surface area contributed by atoms with Crippen LogP contribution in [0.1, 0.15) is 316 Å². The lowest BCUT2D eigenvalue weighted by atomic mass is 10.0. The third-order valence-electron chi connectivity index (χ3n) is 11.9. The lowest BCUT2D eigenvalue weighted by Gasteiger charge is -2.07. The normalized spacial score (nSPS) is 11.3. The molecule has 0 saturated heterocycles. The Bertz CT molecular complexity index is 654. The molecule has 0 aliphatic carbocycles. The van der Waals surface area contributed by atoms with Gasteiger partial charge in [-0.25, -0.2) is 4.94 Å². The van der Waals surface area contributed by atoms with Crippen LogP contribution >= 0.6 is 0 Å². The van der Waals surface area contributed by atoms with Crippen molar-refractivity contribution in [2.45, 2.75) is 316 Å². The third kappa shape index (κ3) is 62.1. The predicted octanol–water partition coefficient (Wildman–Crippen LogP) is 18.1. The zero-order valence-corrected chi connectivity index (χ0v) is 39.7. The van der Waals surface area contributed by atoms with E-state index >= 15 is 0 Å². The second-order valence-corrected chi connectivity index (χ2v) is 17.9. The van der Waals surface area contributed by atoms with Gasteiger partial charge in [0.15, 0.2) is 0 Å². The molecule has 0 heterocycles. The van der Waals surface area contributed by atoms with Gasteiger partial charge in [0.2, 0.25) is 0 Å². The maximum absolute atomic E-state index is 10.3. The van der Waals surface area contributed by atoms with E-state index in [0.717, 1.165) is 25.9 Å². The minimum atomic E-state index is -0.655. The molecule has 0 fully saturated rings. The molecule has 0 bridgehead atoms. The average Bonchev–Trinajstić information content (AvgIpc) is 3.21. The van der Waals surface area contributed by atoms with Gasteiger partial charge in [0.05, 0.1) is 0 Å². The summed E-state index contributed by atoms with van der Waals surface area (Å²) >= 11 is 0. The van der Waals surface area contributed by atoms with Crippen molar-refractivity contribution in [1.82, 2.24) is 11.0 Å². The maximum Gasteiger partial charge on any atom is 0.303 e. The second kappa shape index (κ2) is 57.4. The van der Waals surface area contributed by atoms with Crippen LogP contribution in [0.2, 0.25) is 0 Å². The van der Waals surface area contributed by atoms with Crippen LogP contribution in [0.3, 0.4) is 0 Å². The number of hydrogen-bond acceptors (Lipinski definition) is 4. The number of carboxylic acids is 1. The van der Waals surface area contributed by atoms with Crippen molar-refractivity contribution >= 4 is 5.97 Å². The van der Waals surface area contributed by atoms with Crippen LogP contribution in [0, 0.1) is 0 Å². The fraction of sp³-hybridized carbons (Fsp3) is 0.981. The fourth-order valence-corrected chi connectivity index (χ4v) is 7.94. The Kier molecular flexibility index (Phi) is 58.9. The first-order chi connectivity index (χ1) is 28.2. The van der Waals surface area contributed by atoms with Crippen molar-refractivity contribution in [3.8, 4) is 0 Å². The number of aliphatic carboxylic acids is 1. The monoisotopic (exact) mass is 809 g/mol. The fourth-order valence-electron chi connectivity index (χ4n) is 7.94. The van der Waals surface area contributed by atoms with Gasteiger partial charge in [-0.1, -0.05) is 290 Å². The zero-order valence-electron chi connectivity index (χ0n) is 39.7. The number of unbranched alkanes of at least 4 members (excludes halogenated alkanes) is 42. The predicted molar refractivity (Wildman–Crippen MR) is 254 cm³/mol. The van der Waals surface area contributed by atoms with E-state index < -0.39 is 5.97 Å². The van der Waals surface area contributed by atoms with Crippen molar-refractivity contribution in [1.29, 1.82) is 0 Å². The molecular formula is C52H108N2O3. The standard InChI is InChI=1S/C36H76N2O.C16H32O2/c1-3-5-7-9-11-13-15-17-19-21-23-25-27-29-31-33-35-37-39-38-36-34-32-30-28-26-24-22-20-18-16-14-12-10-8-6-4-2;1-2-3-4-5-6-7-8-9-10-11-12-13-14-15-16(17)18/h37-38H,3-36H2,1-2H3;2-15H2,1H3,(H,17,18). The molecule has 5 nitrogen and oxygen atoms in total. The number of hydrogen-bond donors (Lipinski definition) is 3. The smallest absolute Gasteiger partial charge is 0.303 e. The number of carbonyl (C=O) groups is 1. The van der Waals surface area contributed by atoms with Crippen LogP contribution in [-0.2, 0) is 9.73 Å². The van der Waals surface area contributed by atoms with E-state index in [9.17, 15) is 4.79 Å². The van der Waals surface area contributed by atoms with Gasteiger partial charge < -0.3 is 5.11 Å². The van der Waals surface area contributed by atoms with Crippen molar-refractivity contribution in [2.24, 2.45) is 0 Å². The van der Waals surface area contributed by atoms with Crippen molar-refractivity contribution in [2.75, 3.05) is 13.1 Å². The summed E-state index contributed by atoms with van der Waals surface area (Å²) in [5, 5.41) is 8.49. The summed E-state index contributed by atoms with van der Waals surface area (Å²) < 4.78 is 0. The Morgan fingerprint density at radius 2 is 0.474 bits per heavy atom. The molecule has 3 N–H and O–H groups in total. The Morgan fingerprint density at radius 1 is 0.298 bits per heavy atom. The van der Waals surface area contributed by atoms with Crippen LogP contribution < -0.4 is 11.0 Å². The summed E-state index contributed by atoms with van der Waals surface area (Å²) in [5.74, 6) is -0.655. The number of rotatable bonds is 50. The Hall–Kier alpha value is -0.650. The van der Waals surface area contributed by atoms with Crippen LogP contribution in [0.4, 0.5) is 0 Å². The minimum Gasteiger partial charge on any atom is -0.481 e. The van der Waals surface area contributed by atoms with Gasteiger partial charge >= 0.3 is 5.97 Å². The molecule has 0 spiro atoms. The van der Waals surface area contributed by atoms with E-state index in [0.29, 0.717) is 6.42 Å². The van der Waals surface area contributed by atoms with Gasteiger partial charge in [0, 0.05) is 19.5 Å². The third-order valence-corrected chi connectivity index (χ3v) is 11.9. The first-order valence-electron chi connectivity index (χ1n) is 26.5. The van der Waals surface area contributed by atoms with Gasteiger partial charge in [-0.2, -0.15) is 11.0 Å². The van der Waals surface area contributed by atoms with Gasteiger partial charge in [0.25, 0.3) is 0 Å². The summed E-state index contributed by atoms with van der Waals surface area (Å²) in [4.78, 5) is 15.7. The van der Waals surface area contributed by atoms with E-state index in [2.05, 4.69) is 31.7 Å². The maximum atomic E-state index is 10.3. The summed E-state index contributed by atoms with van der Waals surface area (Å²) in [7, 11) is 0. The molecule has 0 aromatic heterocycles. The van der Waals surface area contributed by atoms with E-state index in [-0.39, 0.29) is 0 Å². The number of hydroxylamine groups is 2. The Morgan fingerprint density at radius 3 is 0.667 bits per heavy atom. The lowest BCUT2D eigenvalue weighted by molar-refractivity contribution is -0.137. The Labute approximate surface area is 359 Å². The molecule has 344 valence electrons. The molecule has 0 rings (SSSR count). The van der Waals surface area contributed by atoms with E-state index in [4.69, 9.17) is 10.0 Å². The van der Waals surface area contributed by atoms with E-state index in [1.807, 2.05) is 0 Å². The first-order valence-corrected chi connectivity index (χ1v) is 26.5. The molecule has 5 heteroatoms. The van der Waals surface area contributed by atoms with Crippen LogP contribution in [0.5, 0.6) is 0 Å². The van der Waals surface area contributed by atoms with Gasteiger partial charge in [0.1, 0.15) is 0 Å². The van der Waals surface area contributed by atoms with Crippen molar-refractivity contribution < 1.29 is 14.8 Å². The zero-order chi connectivity index (χ0) is 41.6. The minimum absolute atomic E-state index is 0.345. The number of nitrogens with one attached hydrogen (secondary N) is 2. The highest BCUT2D eigenvalue weighted by Gasteiger charge is 1.99. The summed E-state index contributed by atoms with van der Waals surface area (Å²) in [5.41, 5.74) is 6.16. The highest BCUT2D eigenvalue weighted by Crippen LogP contribution is 2.16. The molecule has 0 aliphatic heterocycles. The largest absolute Gasteiger partial charge is 0.481 e. The van der Waals surface area contributed by atoms with Crippen molar-refractivity contribution in [3.05, 3.63) is 0 Å². The molecule has 0 atom stereocenters. The molecule has 57 heavy (non-hydrogen) atoms. The second-order valence-electron chi connectivity index (χ2n) is 17.9. The first kappa shape index (κ1) is 58.4. The summed E-state index contributed by atoms with van der Waals surface area (Å²) in [6.07, 6.45) is 62.7. The highest BCUT2D eigenvalue weighted by atomic mass is 16.8. The number of carboxylic acid groups (broad SMARTS) is 1.